The zero-order valence-electron chi connectivity index (χ0n) is 9.67. The Balaban J connectivity index is 3.17. The highest BCUT2D eigenvalue weighted by molar-refractivity contribution is 5.51. The number of nitrogens with two attached hydrogens (primary N) is 1. The van der Waals surface area contributed by atoms with Gasteiger partial charge in [0.25, 0.3) is 0 Å². The molecule has 5 heteroatoms. The molecule has 4 nitrogen and oxygen atoms in total. The van der Waals surface area contributed by atoms with Crippen molar-refractivity contribution in [2.45, 2.75) is 13.3 Å². The van der Waals surface area contributed by atoms with E-state index in [-0.39, 0.29) is 5.75 Å². The fraction of sp³-hybridized carbons (Fsp3) is 0.455. The van der Waals surface area contributed by atoms with E-state index in [0.717, 1.165) is 11.1 Å². The minimum absolute atomic E-state index is 0.123. The number of hydrogen-bond donors (Lipinski definition) is 1. The molecular formula is C11H16FNO3. The van der Waals surface area contributed by atoms with Crippen LogP contribution in [0.5, 0.6) is 11.5 Å². The van der Waals surface area contributed by atoms with Crippen molar-refractivity contribution in [3.8, 4) is 11.5 Å². The van der Waals surface area contributed by atoms with E-state index < -0.39 is 5.82 Å². The molecule has 0 aromatic heterocycles. The van der Waals surface area contributed by atoms with E-state index >= 15 is 0 Å². The molecule has 0 saturated carbocycles. The normalized spacial score (nSPS) is 10.3. The maximum Gasteiger partial charge on any atom is 0.197 e. The zero-order valence-corrected chi connectivity index (χ0v) is 9.67. The molecule has 1 rings (SSSR count). The van der Waals surface area contributed by atoms with Crippen LogP contribution in [0.1, 0.15) is 11.1 Å². The summed E-state index contributed by atoms with van der Waals surface area (Å²) < 4.78 is 23.7. The minimum Gasteiger partial charge on any atom is -0.492 e. The van der Waals surface area contributed by atoms with Crippen LogP contribution in [0.4, 0.5) is 4.39 Å². The molecule has 0 aliphatic rings. The second-order valence-corrected chi connectivity index (χ2v) is 3.33. The van der Waals surface area contributed by atoms with E-state index in [1.807, 2.05) is 6.92 Å². The van der Waals surface area contributed by atoms with Crippen LogP contribution in [0.15, 0.2) is 6.07 Å². The molecule has 0 atom stereocenters. The van der Waals surface area contributed by atoms with Gasteiger partial charge in [-0.25, -0.2) is 10.3 Å². The average molecular weight is 229 g/mol. The van der Waals surface area contributed by atoms with E-state index in [2.05, 4.69) is 4.84 Å². The summed E-state index contributed by atoms with van der Waals surface area (Å²) in [6.07, 6.45) is 0.527. The van der Waals surface area contributed by atoms with Gasteiger partial charge < -0.3 is 14.3 Å². The van der Waals surface area contributed by atoms with Gasteiger partial charge in [-0.1, -0.05) is 0 Å². The molecule has 0 bridgehead atoms. The molecule has 0 spiro atoms. The van der Waals surface area contributed by atoms with E-state index in [1.54, 1.807) is 0 Å². The first-order chi connectivity index (χ1) is 7.65. The van der Waals surface area contributed by atoms with Crippen LogP contribution in [-0.4, -0.2) is 20.8 Å². The van der Waals surface area contributed by atoms with Gasteiger partial charge in [0.15, 0.2) is 17.3 Å². The summed E-state index contributed by atoms with van der Waals surface area (Å²) >= 11 is 0. The summed E-state index contributed by atoms with van der Waals surface area (Å²) in [5.74, 6) is 5.03. The fourth-order valence-electron chi connectivity index (χ4n) is 1.62. The minimum atomic E-state index is -0.447. The molecule has 16 heavy (non-hydrogen) atoms. The molecule has 90 valence electrons. The Morgan fingerprint density at radius 1 is 1.25 bits per heavy atom. The highest BCUT2D eigenvalue weighted by Gasteiger charge is 2.16. The van der Waals surface area contributed by atoms with Crippen molar-refractivity contribution >= 4 is 0 Å². The second-order valence-electron chi connectivity index (χ2n) is 3.33. The molecular weight excluding hydrogens is 213 g/mol. The van der Waals surface area contributed by atoms with Gasteiger partial charge in [0.2, 0.25) is 0 Å². The molecule has 0 saturated heterocycles. The number of methoxy groups -OCH3 is 2. The van der Waals surface area contributed by atoms with Crippen molar-refractivity contribution in [2.24, 2.45) is 5.90 Å². The Bertz CT molecular complexity index is 369. The quantitative estimate of drug-likeness (QED) is 0.779. The average Bonchev–Trinajstić information content (AvgIpc) is 2.29. The van der Waals surface area contributed by atoms with Crippen molar-refractivity contribution in [3.05, 3.63) is 23.0 Å². The van der Waals surface area contributed by atoms with Crippen molar-refractivity contribution in [2.75, 3.05) is 20.8 Å². The Morgan fingerprint density at radius 2 is 1.88 bits per heavy atom. The Hall–Kier alpha value is -1.33. The molecule has 0 amide bonds. The largest absolute Gasteiger partial charge is 0.492 e. The van der Waals surface area contributed by atoms with Crippen LogP contribution >= 0.6 is 0 Å². The first kappa shape index (κ1) is 12.7. The number of halogens is 1. The van der Waals surface area contributed by atoms with Crippen LogP contribution < -0.4 is 15.4 Å². The third kappa shape index (κ3) is 2.43. The first-order valence-electron chi connectivity index (χ1n) is 4.87. The summed E-state index contributed by atoms with van der Waals surface area (Å²) in [6.45, 7) is 2.17. The van der Waals surface area contributed by atoms with Crippen LogP contribution in [0.2, 0.25) is 0 Å². The molecule has 0 radical (unpaired) electrons. The topological polar surface area (TPSA) is 53.7 Å². The molecule has 0 aliphatic heterocycles. The lowest BCUT2D eigenvalue weighted by atomic mass is 10.0. The predicted molar refractivity (Wildman–Crippen MR) is 58.1 cm³/mol. The molecule has 0 aliphatic carbocycles. The molecule has 2 N–H and O–H groups in total. The zero-order chi connectivity index (χ0) is 12.1. The van der Waals surface area contributed by atoms with E-state index in [4.69, 9.17) is 15.4 Å². The van der Waals surface area contributed by atoms with Gasteiger partial charge in [0, 0.05) is 0 Å². The summed E-state index contributed by atoms with van der Waals surface area (Å²) in [5, 5.41) is 0. The van der Waals surface area contributed by atoms with Crippen molar-refractivity contribution < 1.29 is 18.7 Å². The smallest absolute Gasteiger partial charge is 0.197 e. The lowest BCUT2D eigenvalue weighted by Crippen LogP contribution is -2.07. The molecule has 1 aromatic rings. The van der Waals surface area contributed by atoms with Gasteiger partial charge in [-0.2, -0.15) is 0 Å². The monoisotopic (exact) mass is 229 g/mol. The maximum absolute atomic E-state index is 13.6. The summed E-state index contributed by atoms with van der Waals surface area (Å²) in [7, 11) is 2.89. The molecule has 1 aromatic carbocycles. The van der Waals surface area contributed by atoms with Gasteiger partial charge in [-0.15, -0.1) is 0 Å². The van der Waals surface area contributed by atoms with Crippen molar-refractivity contribution in [1.29, 1.82) is 0 Å². The summed E-state index contributed by atoms with van der Waals surface area (Å²) in [5.41, 5.74) is 1.62. The fourth-order valence-corrected chi connectivity index (χ4v) is 1.62. The van der Waals surface area contributed by atoms with Crippen molar-refractivity contribution in [3.63, 3.8) is 0 Å². The first-order valence-corrected chi connectivity index (χ1v) is 4.87. The van der Waals surface area contributed by atoms with Gasteiger partial charge in [0.1, 0.15) is 0 Å². The Morgan fingerprint density at radius 3 is 2.38 bits per heavy atom. The lowest BCUT2D eigenvalue weighted by Gasteiger charge is -2.14. The Kier molecular flexibility index (Phi) is 4.52. The SMILES string of the molecule is COc1c(F)cc(CCON)c(C)c1OC. The Labute approximate surface area is 94.1 Å². The highest BCUT2D eigenvalue weighted by Crippen LogP contribution is 2.35. The van der Waals surface area contributed by atoms with E-state index in [0.29, 0.717) is 18.8 Å². The number of rotatable bonds is 5. The van der Waals surface area contributed by atoms with Crippen LogP contribution in [0.25, 0.3) is 0 Å². The number of hydrogen-bond acceptors (Lipinski definition) is 4. The maximum atomic E-state index is 13.6. The van der Waals surface area contributed by atoms with Crippen LogP contribution in [0, 0.1) is 12.7 Å². The standard InChI is InChI=1S/C11H16FNO3/c1-7-8(4-5-16-13)6-9(12)11(15-3)10(7)14-2/h6H,4-5,13H2,1-3H3. The third-order valence-corrected chi connectivity index (χ3v) is 2.44. The number of ether oxygens (including phenoxy) is 2. The lowest BCUT2D eigenvalue weighted by molar-refractivity contribution is 0.141. The molecule has 0 heterocycles. The van der Waals surface area contributed by atoms with Gasteiger partial charge in [-0.3, -0.25) is 0 Å². The van der Waals surface area contributed by atoms with Gasteiger partial charge in [-0.05, 0) is 30.5 Å². The second kappa shape index (κ2) is 5.67. The van der Waals surface area contributed by atoms with E-state index in [9.17, 15) is 4.39 Å². The third-order valence-electron chi connectivity index (χ3n) is 2.44. The van der Waals surface area contributed by atoms with Gasteiger partial charge in [0.05, 0.1) is 20.8 Å². The highest BCUT2D eigenvalue weighted by atomic mass is 19.1. The van der Waals surface area contributed by atoms with Crippen molar-refractivity contribution in [1.82, 2.24) is 0 Å². The predicted octanol–water partition coefficient (Wildman–Crippen LogP) is 1.58. The van der Waals surface area contributed by atoms with Crippen LogP contribution in [-0.2, 0) is 11.3 Å². The molecule has 0 fully saturated rings. The summed E-state index contributed by atoms with van der Waals surface area (Å²) in [6, 6.07) is 1.41. The molecule has 0 unspecified atom stereocenters. The summed E-state index contributed by atoms with van der Waals surface area (Å²) in [4.78, 5) is 4.48. The van der Waals surface area contributed by atoms with E-state index in [1.165, 1.54) is 20.3 Å². The van der Waals surface area contributed by atoms with Gasteiger partial charge >= 0.3 is 0 Å². The van der Waals surface area contributed by atoms with Crippen LogP contribution in [0.3, 0.4) is 0 Å². The number of benzene rings is 1.